The Hall–Kier alpha value is -3.75. The normalized spacial score (nSPS) is 19.5. The quantitative estimate of drug-likeness (QED) is 0.566. The van der Waals surface area contributed by atoms with E-state index in [0.29, 0.717) is 41.6 Å². The van der Waals surface area contributed by atoms with Gasteiger partial charge in [-0.2, -0.15) is 0 Å². The fourth-order valence-electron chi connectivity index (χ4n) is 5.45. The van der Waals surface area contributed by atoms with Gasteiger partial charge in [-0.05, 0) is 44.7 Å². The third-order valence-corrected chi connectivity index (χ3v) is 7.23. The van der Waals surface area contributed by atoms with Gasteiger partial charge in [-0.3, -0.25) is 9.59 Å². The van der Waals surface area contributed by atoms with E-state index in [-0.39, 0.29) is 30.1 Å². The van der Waals surface area contributed by atoms with Crippen molar-refractivity contribution >= 4 is 22.9 Å². The number of aromatic amines is 1. The fraction of sp³-hybridized carbons (Fsp3) is 0.423. The molecule has 184 valence electrons. The van der Waals surface area contributed by atoms with Crippen LogP contribution in [0.15, 0.2) is 35.1 Å². The molecule has 5 rings (SSSR count). The van der Waals surface area contributed by atoms with Crippen molar-refractivity contribution in [1.29, 1.82) is 0 Å². The predicted octanol–water partition coefficient (Wildman–Crippen LogP) is 3.12. The van der Waals surface area contributed by atoms with E-state index < -0.39 is 0 Å². The van der Waals surface area contributed by atoms with Crippen molar-refractivity contribution in [3.63, 3.8) is 0 Å². The number of carbonyl (C=O) groups is 2. The molecule has 0 bridgehead atoms. The van der Waals surface area contributed by atoms with Crippen molar-refractivity contribution < 1.29 is 19.1 Å². The number of nitrogens with zero attached hydrogens (tertiary/aromatic N) is 2. The Morgan fingerprint density at radius 2 is 2.06 bits per heavy atom. The lowest BCUT2D eigenvalue weighted by Crippen LogP contribution is -2.41. The monoisotopic (exact) mass is 478 g/mol. The third-order valence-electron chi connectivity index (χ3n) is 7.23. The van der Waals surface area contributed by atoms with Gasteiger partial charge in [0.2, 0.25) is 0 Å². The van der Waals surface area contributed by atoms with Crippen LogP contribution in [0.5, 0.6) is 5.75 Å². The summed E-state index contributed by atoms with van der Waals surface area (Å²) in [6.45, 7) is 5.73. The Morgan fingerprint density at radius 3 is 2.86 bits per heavy atom. The summed E-state index contributed by atoms with van der Waals surface area (Å²) in [5.41, 5.74) is 3.30. The lowest BCUT2D eigenvalue weighted by atomic mass is 9.91. The number of carbonyl (C=O) groups excluding carboxylic acids is 2. The largest absolute Gasteiger partial charge is 0.496 e. The van der Waals surface area contributed by atoms with E-state index in [1.807, 2.05) is 36.1 Å². The van der Waals surface area contributed by atoms with Crippen LogP contribution >= 0.6 is 0 Å². The molecule has 2 aromatic heterocycles. The molecule has 2 atom stereocenters. The molecule has 2 unspecified atom stereocenters. The Bertz CT molecular complexity index is 1360. The first-order chi connectivity index (χ1) is 16.9. The summed E-state index contributed by atoms with van der Waals surface area (Å²) in [7, 11) is 1.51. The molecular weight excluding hydrogens is 448 g/mol. The van der Waals surface area contributed by atoms with E-state index in [1.165, 1.54) is 7.11 Å². The fourth-order valence-corrected chi connectivity index (χ4v) is 5.45. The maximum absolute atomic E-state index is 13.4. The lowest BCUT2D eigenvalue weighted by Gasteiger charge is -2.33. The van der Waals surface area contributed by atoms with Crippen LogP contribution in [0.3, 0.4) is 0 Å². The smallest absolute Gasteiger partial charge is 0.410 e. The van der Waals surface area contributed by atoms with Gasteiger partial charge in [0, 0.05) is 35.4 Å². The number of aryl methyl sites for hydroxylation is 1. The second kappa shape index (κ2) is 9.13. The van der Waals surface area contributed by atoms with Gasteiger partial charge in [-0.25, -0.2) is 4.79 Å². The van der Waals surface area contributed by atoms with Crippen LogP contribution in [0, 0.1) is 19.8 Å². The number of amides is 2. The van der Waals surface area contributed by atoms with Crippen LogP contribution in [-0.2, 0) is 17.8 Å². The molecule has 0 saturated carbocycles. The molecule has 9 heteroatoms. The zero-order valence-electron chi connectivity index (χ0n) is 20.2. The van der Waals surface area contributed by atoms with E-state index in [4.69, 9.17) is 9.47 Å². The SMILES string of the molecule is COc1cc(C)[nH]c(=O)c1CNC(=O)c1c(C)n(CC2CCN3C(=O)OCC3C2)c2ccccc12. The van der Waals surface area contributed by atoms with Crippen LogP contribution in [0.1, 0.15) is 40.2 Å². The molecule has 2 aliphatic rings. The van der Waals surface area contributed by atoms with Crippen molar-refractivity contribution in [2.24, 2.45) is 5.92 Å². The number of ether oxygens (including phenoxy) is 2. The first-order valence-corrected chi connectivity index (χ1v) is 11.9. The second-order valence-corrected chi connectivity index (χ2v) is 9.41. The number of hydrogen-bond acceptors (Lipinski definition) is 5. The van der Waals surface area contributed by atoms with E-state index >= 15 is 0 Å². The number of fused-ring (bicyclic) bond motifs is 2. The molecule has 0 spiro atoms. The highest BCUT2D eigenvalue weighted by molar-refractivity contribution is 6.08. The molecule has 2 fully saturated rings. The Kier molecular flexibility index (Phi) is 6.00. The molecule has 2 aliphatic heterocycles. The van der Waals surface area contributed by atoms with Gasteiger partial charge in [0.05, 0.1) is 30.8 Å². The lowest BCUT2D eigenvalue weighted by molar-refractivity contribution is 0.0950. The molecule has 1 aromatic carbocycles. The number of pyridine rings is 1. The van der Waals surface area contributed by atoms with Gasteiger partial charge < -0.3 is 29.2 Å². The van der Waals surface area contributed by atoms with E-state index in [9.17, 15) is 14.4 Å². The first-order valence-electron chi connectivity index (χ1n) is 11.9. The highest BCUT2D eigenvalue weighted by atomic mass is 16.6. The van der Waals surface area contributed by atoms with E-state index in [2.05, 4.69) is 14.9 Å². The maximum Gasteiger partial charge on any atom is 0.410 e. The molecule has 2 saturated heterocycles. The van der Waals surface area contributed by atoms with Crippen molar-refractivity contribution in [3.8, 4) is 5.75 Å². The topological polar surface area (TPSA) is 106 Å². The number of hydrogen-bond donors (Lipinski definition) is 2. The minimum absolute atomic E-state index is 0.0603. The number of para-hydroxylation sites is 1. The number of piperidine rings is 1. The van der Waals surface area contributed by atoms with Crippen molar-refractivity contribution in [2.45, 2.75) is 45.8 Å². The van der Waals surface area contributed by atoms with Gasteiger partial charge in [0.25, 0.3) is 11.5 Å². The van der Waals surface area contributed by atoms with Crippen molar-refractivity contribution in [2.75, 3.05) is 20.3 Å². The maximum atomic E-state index is 13.4. The summed E-state index contributed by atoms with van der Waals surface area (Å²) in [4.78, 5) is 42.3. The third kappa shape index (κ3) is 4.15. The number of benzene rings is 1. The Balaban J connectivity index is 1.40. The summed E-state index contributed by atoms with van der Waals surface area (Å²) in [6.07, 6.45) is 1.57. The van der Waals surface area contributed by atoms with Gasteiger partial charge in [-0.1, -0.05) is 18.2 Å². The first kappa shape index (κ1) is 23.0. The summed E-state index contributed by atoms with van der Waals surface area (Å²) in [6, 6.07) is 9.77. The zero-order chi connectivity index (χ0) is 24.7. The van der Waals surface area contributed by atoms with Crippen LogP contribution in [0.4, 0.5) is 4.79 Å². The van der Waals surface area contributed by atoms with Gasteiger partial charge in [0.15, 0.2) is 0 Å². The van der Waals surface area contributed by atoms with Crippen molar-refractivity contribution in [3.05, 3.63) is 63.2 Å². The zero-order valence-corrected chi connectivity index (χ0v) is 20.2. The van der Waals surface area contributed by atoms with Gasteiger partial charge >= 0.3 is 6.09 Å². The van der Waals surface area contributed by atoms with Crippen molar-refractivity contribution in [1.82, 2.24) is 19.8 Å². The average molecular weight is 479 g/mol. The number of rotatable bonds is 6. The highest BCUT2D eigenvalue weighted by Crippen LogP contribution is 2.32. The highest BCUT2D eigenvalue weighted by Gasteiger charge is 2.38. The number of aromatic nitrogens is 2. The summed E-state index contributed by atoms with van der Waals surface area (Å²) >= 11 is 0. The Morgan fingerprint density at radius 1 is 1.26 bits per heavy atom. The van der Waals surface area contributed by atoms with E-state index in [1.54, 1.807) is 13.0 Å². The summed E-state index contributed by atoms with van der Waals surface area (Å²) in [5.74, 6) is 0.599. The molecule has 35 heavy (non-hydrogen) atoms. The standard InChI is InChI=1S/C26H30N4O5/c1-15-10-22(34-3)20(24(31)28-15)12-27-25(32)23-16(2)30(21-7-5-4-6-19(21)23)13-17-8-9-29-18(11-17)14-35-26(29)33/h4-7,10,17-18H,8-9,11-14H2,1-3H3,(H,27,32)(H,28,31). The Labute approximate surface area is 203 Å². The van der Waals surface area contributed by atoms with Gasteiger partial charge in [-0.15, -0.1) is 0 Å². The molecule has 9 nitrogen and oxygen atoms in total. The summed E-state index contributed by atoms with van der Waals surface area (Å²) < 4.78 is 12.8. The average Bonchev–Trinajstić information content (AvgIpc) is 3.34. The van der Waals surface area contributed by atoms with Crippen LogP contribution in [0.25, 0.3) is 10.9 Å². The molecule has 0 aliphatic carbocycles. The molecule has 4 heterocycles. The summed E-state index contributed by atoms with van der Waals surface area (Å²) in [5, 5.41) is 3.80. The molecule has 3 aromatic rings. The minimum atomic E-state index is -0.276. The van der Waals surface area contributed by atoms with Crippen LogP contribution < -0.4 is 15.6 Å². The molecule has 0 radical (unpaired) electrons. The number of methoxy groups -OCH3 is 1. The number of nitrogens with one attached hydrogen (secondary N) is 2. The number of H-pyrrole nitrogens is 1. The van der Waals surface area contributed by atoms with E-state index in [0.717, 1.165) is 36.0 Å². The predicted molar refractivity (Wildman–Crippen MR) is 131 cm³/mol. The molecular formula is C26H30N4O5. The number of cyclic esters (lactones) is 1. The molecule has 2 N–H and O–H groups in total. The second-order valence-electron chi connectivity index (χ2n) is 9.41. The van der Waals surface area contributed by atoms with Crippen LogP contribution in [-0.4, -0.2) is 52.8 Å². The van der Waals surface area contributed by atoms with Gasteiger partial charge in [0.1, 0.15) is 12.4 Å². The minimum Gasteiger partial charge on any atom is -0.496 e. The van der Waals surface area contributed by atoms with Crippen LogP contribution in [0.2, 0.25) is 0 Å². The molecule has 2 amide bonds.